The second kappa shape index (κ2) is 8.93. The zero-order valence-corrected chi connectivity index (χ0v) is 16.5. The summed E-state index contributed by atoms with van der Waals surface area (Å²) in [5.74, 6) is 0.984. The summed E-state index contributed by atoms with van der Waals surface area (Å²) in [4.78, 5) is 11.8. The van der Waals surface area contributed by atoms with E-state index in [0.29, 0.717) is 31.1 Å². The summed E-state index contributed by atoms with van der Waals surface area (Å²) in [6.45, 7) is 6.41. The van der Waals surface area contributed by atoms with Crippen molar-refractivity contribution < 1.29 is 23.8 Å². The molecule has 1 heterocycles. The average Bonchev–Trinajstić information content (AvgIpc) is 3.12. The number of benzene rings is 2. The predicted molar refractivity (Wildman–Crippen MR) is 107 cm³/mol. The number of aliphatic hydroxyl groups excluding tert-OH is 1. The molecule has 148 valence electrons. The molecule has 5 nitrogen and oxygen atoms in total. The fourth-order valence-corrected chi connectivity index (χ4v) is 3.19. The number of carbonyl (C=O) groups excluding carboxylic acids is 1. The van der Waals surface area contributed by atoms with Crippen molar-refractivity contribution >= 4 is 16.9 Å². The molecule has 2 aromatic carbocycles. The highest BCUT2D eigenvalue weighted by atomic mass is 16.5. The molecule has 5 heteroatoms. The number of hydrogen-bond acceptors (Lipinski definition) is 5. The maximum Gasteiger partial charge on any atom is 0.310 e. The van der Waals surface area contributed by atoms with Crippen LogP contribution in [-0.2, 0) is 22.6 Å². The molecule has 0 spiro atoms. The molecule has 1 unspecified atom stereocenters. The van der Waals surface area contributed by atoms with Crippen LogP contribution in [0.15, 0.2) is 46.9 Å². The van der Waals surface area contributed by atoms with Crippen LogP contribution in [0.1, 0.15) is 48.8 Å². The van der Waals surface area contributed by atoms with E-state index < -0.39 is 6.10 Å². The van der Waals surface area contributed by atoms with Crippen LogP contribution in [0, 0.1) is 6.92 Å². The summed E-state index contributed by atoms with van der Waals surface area (Å²) in [5.41, 5.74) is 3.57. The van der Waals surface area contributed by atoms with Gasteiger partial charge >= 0.3 is 5.97 Å². The van der Waals surface area contributed by atoms with Gasteiger partial charge in [0, 0.05) is 10.9 Å². The molecule has 0 fully saturated rings. The highest BCUT2D eigenvalue weighted by molar-refractivity contribution is 5.82. The summed E-state index contributed by atoms with van der Waals surface area (Å²) >= 11 is 0. The van der Waals surface area contributed by atoms with Gasteiger partial charge in [-0.25, -0.2) is 0 Å². The number of aryl methyl sites for hydroxylation is 1. The number of esters is 1. The molecule has 3 rings (SSSR count). The van der Waals surface area contributed by atoms with Crippen LogP contribution in [0.4, 0.5) is 0 Å². The minimum absolute atomic E-state index is 0.183. The van der Waals surface area contributed by atoms with Crippen LogP contribution in [0.5, 0.6) is 5.75 Å². The van der Waals surface area contributed by atoms with Crippen molar-refractivity contribution in [3.05, 3.63) is 64.9 Å². The van der Waals surface area contributed by atoms with Crippen molar-refractivity contribution in [3.8, 4) is 5.75 Å². The Balaban J connectivity index is 1.78. The molecular weight excluding hydrogens is 356 g/mol. The second-order valence-corrected chi connectivity index (χ2v) is 6.78. The molecule has 3 aromatic rings. The lowest BCUT2D eigenvalue weighted by atomic mass is 10.1. The van der Waals surface area contributed by atoms with Gasteiger partial charge in [0.15, 0.2) is 0 Å². The van der Waals surface area contributed by atoms with Gasteiger partial charge in [0.05, 0.1) is 13.0 Å². The first-order chi connectivity index (χ1) is 13.5. The molecule has 1 N–H and O–H groups in total. The molecule has 0 aliphatic carbocycles. The number of hydrogen-bond donors (Lipinski definition) is 1. The lowest BCUT2D eigenvalue weighted by Gasteiger charge is -2.12. The van der Waals surface area contributed by atoms with E-state index in [9.17, 15) is 9.90 Å². The van der Waals surface area contributed by atoms with Gasteiger partial charge in [0.1, 0.15) is 29.8 Å². The van der Waals surface area contributed by atoms with Crippen molar-refractivity contribution in [2.24, 2.45) is 0 Å². The molecule has 0 saturated carbocycles. The maximum atomic E-state index is 11.8. The number of aliphatic hydroxyl groups is 1. The maximum absolute atomic E-state index is 11.8. The average molecular weight is 382 g/mol. The number of carbonyl (C=O) groups is 1. The molecule has 0 aliphatic heterocycles. The lowest BCUT2D eigenvalue weighted by Crippen LogP contribution is -2.09. The zero-order valence-electron chi connectivity index (χ0n) is 16.5. The molecule has 0 saturated heterocycles. The predicted octanol–water partition coefficient (Wildman–Crippen LogP) is 4.87. The number of fused-ring (bicyclic) bond motifs is 1. The van der Waals surface area contributed by atoms with E-state index in [1.807, 2.05) is 56.3 Å². The van der Waals surface area contributed by atoms with E-state index in [4.69, 9.17) is 13.9 Å². The van der Waals surface area contributed by atoms with Crippen LogP contribution in [0.3, 0.4) is 0 Å². The third-order valence-electron chi connectivity index (χ3n) is 4.60. The SMILES string of the molecule is CCOC(=O)Cc1ccccc1OCc1cc(C)c2oc(C(O)CC)cc2c1. The zero-order chi connectivity index (χ0) is 20.1. The normalized spacial score (nSPS) is 12.1. The van der Waals surface area contributed by atoms with E-state index >= 15 is 0 Å². The quantitative estimate of drug-likeness (QED) is 0.563. The Bertz CT molecular complexity index is 957. The molecular formula is C23H26O5. The van der Waals surface area contributed by atoms with Crippen LogP contribution >= 0.6 is 0 Å². The summed E-state index contributed by atoms with van der Waals surface area (Å²) < 4.78 is 16.8. The van der Waals surface area contributed by atoms with E-state index in [2.05, 4.69) is 0 Å². The van der Waals surface area contributed by atoms with Crippen LogP contribution in [0.2, 0.25) is 0 Å². The molecule has 0 radical (unpaired) electrons. The van der Waals surface area contributed by atoms with Gasteiger partial charge in [-0.1, -0.05) is 25.1 Å². The fourth-order valence-electron chi connectivity index (χ4n) is 3.19. The first-order valence-corrected chi connectivity index (χ1v) is 9.59. The highest BCUT2D eigenvalue weighted by Gasteiger charge is 2.14. The Morgan fingerprint density at radius 1 is 1.18 bits per heavy atom. The van der Waals surface area contributed by atoms with E-state index in [-0.39, 0.29) is 12.4 Å². The summed E-state index contributed by atoms with van der Waals surface area (Å²) in [6, 6.07) is 13.4. The second-order valence-electron chi connectivity index (χ2n) is 6.78. The summed E-state index contributed by atoms with van der Waals surface area (Å²) in [5, 5.41) is 11.0. The number of para-hydroxylation sites is 1. The van der Waals surface area contributed by atoms with Crippen molar-refractivity contribution in [1.82, 2.24) is 0 Å². The number of rotatable bonds is 8. The molecule has 0 bridgehead atoms. The Morgan fingerprint density at radius 2 is 1.96 bits per heavy atom. The van der Waals surface area contributed by atoms with Gasteiger partial charge in [0.25, 0.3) is 0 Å². The van der Waals surface area contributed by atoms with Gasteiger partial charge in [-0.15, -0.1) is 0 Å². The minimum Gasteiger partial charge on any atom is -0.489 e. The standard InChI is InChI=1S/C23H26O5/c1-4-19(24)21-12-18-11-16(10-15(3)23(18)28-21)14-27-20-9-7-6-8-17(20)13-22(25)26-5-2/h6-12,19,24H,4-5,13-14H2,1-3H3. The van der Waals surface area contributed by atoms with Crippen molar-refractivity contribution in [2.75, 3.05) is 6.61 Å². The Kier molecular flexibility index (Phi) is 6.37. The van der Waals surface area contributed by atoms with Crippen molar-refractivity contribution in [1.29, 1.82) is 0 Å². The molecule has 1 aromatic heterocycles. The monoisotopic (exact) mass is 382 g/mol. The van der Waals surface area contributed by atoms with Gasteiger partial charge in [-0.05, 0) is 55.7 Å². The Hall–Kier alpha value is -2.79. The minimum atomic E-state index is -0.596. The largest absolute Gasteiger partial charge is 0.489 e. The fraction of sp³-hybridized carbons (Fsp3) is 0.348. The van der Waals surface area contributed by atoms with Crippen LogP contribution in [0.25, 0.3) is 11.0 Å². The van der Waals surface area contributed by atoms with Gasteiger partial charge < -0.3 is 19.0 Å². The molecule has 0 aliphatic rings. The van der Waals surface area contributed by atoms with Crippen LogP contribution in [-0.4, -0.2) is 17.7 Å². The highest BCUT2D eigenvalue weighted by Crippen LogP contribution is 2.29. The Labute approximate surface area is 164 Å². The van der Waals surface area contributed by atoms with E-state index in [1.54, 1.807) is 6.92 Å². The molecule has 0 amide bonds. The third kappa shape index (κ3) is 4.54. The molecule has 1 atom stereocenters. The van der Waals surface area contributed by atoms with E-state index in [0.717, 1.165) is 27.7 Å². The van der Waals surface area contributed by atoms with Crippen molar-refractivity contribution in [2.45, 2.75) is 46.3 Å². The van der Waals surface area contributed by atoms with Crippen molar-refractivity contribution in [3.63, 3.8) is 0 Å². The lowest BCUT2D eigenvalue weighted by molar-refractivity contribution is -0.142. The van der Waals surface area contributed by atoms with Gasteiger partial charge in [-0.2, -0.15) is 0 Å². The van der Waals surface area contributed by atoms with Crippen LogP contribution < -0.4 is 4.74 Å². The van der Waals surface area contributed by atoms with Gasteiger partial charge in [-0.3, -0.25) is 4.79 Å². The number of furan rings is 1. The van der Waals surface area contributed by atoms with E-state index in [1.165, 1.54) is 0 Å². The smallest absolute Gasteiger partial charge is 0.310 e. The number of ether oxygens (including phenoxy) is 2. The third-order valence-corrected chi connectivity index (χ3v) is 4.60. The topological polar surface area (TPSA) is 68.9 Å². The Morgan fingerprint density at radius 3 is 2.71 bits per heavy atom. The summed E-state index contributed by atoms with van der Waals surface area (Å²) in [7, 11) is 0. The first kappa shape index (κ1) is 20.0. The first-order valence-electron chi connectivity index (χ1n) is 9.59. The van der Waals surface area contributed by atoms with Gasteiger partial charge in [0.2, 0.25) is 0 Å². The molecule has 28 heavy (non-hydrogen) atoms. The summed E-state index contributed by atoms with van der Waals surface area (Å²) in [6.07, 6.45) is 0.190.